The smallest absolute Gasteiger partial charge is 0.409 e. The van der Waals surface area contributed by atoms with Gasteiger partial charge in [-0.2, -0.15) is 0 Å². The average Bonchev–Trinajstić information content (AvgIpc) is 3.58. The summed E-state index contributed by atoms with van der Waals surface area (Å²) in [5.41, 5.74) is -0.549. The summed E-state index contributed by atoms with van der Waals surface area (Å²) in [6, 6.07) is 1.03. The third-order valence-corrected chi connectivity index (χ3v) is 9.11. The van der Waals surface area contributed by atoms with E-state index in [1.54, 1.807) is 6.92 Å². The molecule has 3 fully saturated rings. The Bertz CT molecular complexity index is 1650. The lowest BCUT2D eigenvalue weighted by atomic mass is 9.93. The van der Waals surface area contributed by atoms with Crippen molar-refractivity contribution in [2.75, 3.05) is 45.9 Å². The molecule has 0 radical (unpaired) electrons. The van der Waals surface area contributed by atoms with Crippen LogP contribution in [0.5, 0.6) is 5.75 Å². The number of aliphatic carboxylic acids is 1. The lowest BCUT2D eigenvalue weighted by Gasteiger charge is -2.35. The first-order valence-corrected chi connectivity index (χ1v) is 16.7. The van der Waals surface area contributed by atoms with E-state index in [0.29, 0.717) is 19.4 Å². The number of amides is 5. The highest BCUT2D eigenvalue weighted by Crippen LogP contribution is 2.30. The number of fused-ring (bicyclic) bond motifs is 1. The molecule has 270 valence electrons. The van der Waals surface area contributed by atoms with Crippen LogP contribution < -0.4 is 15.4 Å². The van der Waals surface area contributed by atoms with Crippen LogP contribution >= 0.6 is 0 Å². The fraction of sp³-hybridized carbons (Fsp3) is 0.545. The van der Waals surface area contributed by atoms with Crippen LogP contribution in [0.1, 0.15) is 62.4 Å². The van der Waals surface area contributed by atoms with Crippen molar-refractivity contribution in [2.24, 2.45) is 0 Å². The molecule has 5 amide bonds. The van der Waals surface area contributed by atoms with Crippen LogP contribution in [0.15, 0.2) is 18.2 Å². The van der Waals surface area contributed by atoms with Gasteiger partial charge in [-0.1, -0.05) is 0 Å². The van der Waals surface area contributed by atoms with E-state index in [1.165, 1.54) is 14.7 Å². The number of pyridine rings is 1. The third-order valence-electron chi connectivity index (χ3n) is 9.11. The summed E-state index contributed by atoms with van der Waals surface area (Å²) in [6.07, 6.45) is 2.60. The van der Waals surface area contributed by atoms with Crippen molar-refractivity contribution in [1.29, 1.82) is 0 Å². The van der Waals surface area contributed by atoms with Gasteiger partial charge in [-0.15, -0.1) is 0 Å². The number of piperazine rings is 1. The van der Waals surface area contributed by atoms with Gasteiger partial charge in [0.2, 0.25) is 11.8 Å². The van der Waals surface area contributed by atoms with Crippen LogP contribution in [0.4, 0.5) is 13.6 Å². The molecule has 0 bridgehead atoms. The molecule has 1 aliphatic carbocycles. The minimum Gasteiger partial charge on any atom is -0.483 e. The summed E-state index contributed by atoms with van der Waals surface area (Å²) in [5.74, 6) is -6.45. The number of hydrogen-bond acceptors (Lipinski definition) is 9. The first-order valence-electron chi connectivity index (χ1n) is 16.7. The van der Waals surface area contributed by atoms with Crippen molar-refractivity contribution in [3.63, 3.8) is 0 Å². The van der Waals surface area contributed by atoms with Crippen molar-refractivity contribution in [3.8, 4) is 5.75 Å². The molecule has 2 saturated heterocycles. The number of likely N-dealkylation sites (tertiary alicyclic amines) is 1. The molecule has 3 N–H and O–H groups in total. The van der Waals surface area contributed by atoms with Crippen LogP contribution in [-0.4, -0.2) is 125 Å². The molecule has 5 rings (SSSR count). The molecular weight excluding hydrogens is 662 g/mol. The molecule has 1 aromatic carbocycles. The fourth-order valence-electron chi connectivity index (χ4n) is 6.17. The van der Waals surface area contributed by atoms with E-state index in [0.717, 1.165) is 37.5 Å². The first kappa shape index (κ1) is 36.2. The van der Waals surface area contributed by atoms with Gasteiger partial charge >= 0.3 is 12.1 Å². The van der Waals surface area contributed by atoms with Gasteiger partial charge in [0.05, 0.1) is 17.5 Å². The second-order valence-electron chi connectivity index (χ2n) is 12.4. The largest absolute Gasteiger partial charge is 0.483 e. The zero-order chi connectivity index (χ0) is 35.9. The van der Waals surface area contributed by atoms with Gasteiger partial charge in [0.15, 0.2) is 18.2 Å². The minimum absolute atomic E-state index is 0.0856. The molecule has 2 atom stereocenters. The SMILES string of the molecule is CCOC(=O)N1CCN(C(=O)[C@H](CCC(=O)O)NC(=O)c2cc(OCC(=O)N3CCC[C@H]3C(=O)NC3CCC3)c3c(F)c(F)ccc3n2)CC1. The Morgan fingerprint density at radius 1 is 1.00 bits per heavy atom. The number of halogens is 2. The van der Waals surface area contributed by atoms with Crippen LogP contribution in [0.25, 0.3) is 10.9 Å². The highest BCUT2D eigenvalue weighted by Gasteiger charge is 2.36. The van der Waals surface area contributed by atoms with E-state index in [2.05, 4.69) is 15.6 Å². The molecule has 3 aliphatic rings. The standard InChI is InChI=1S/C33H40F2N6O9/c1-2-49-33(48)40-15-13-39(14-16-40)32(47)22(10-11-27(43)44)38-30(45)23-17-25(28-21(37-23)9-8-20(34)29(28)35)50-18-26(42)41-12-4-7-24(41)31(46)36-19-5-3-6-19/h8-9,17,19,22,24H,2-7,10-16,18H2,1H3,(H,36,46)(H,38,45)(H,43,44)/t22-,24-/m0/s1. The quantitative estimate of drug-likeness (QED) is 0.295. The fourth-order valence-corrected chi connectivity index (χ4v) is 6.17. The number of aromatic nitrogens is 1. The van der Waals surface area contributed by atoms with Crippen molar-refractivity contribution < 1.29 is 52.1 Å². The molecule has 15 nitrogen and oxygen atoms in total. The number of ether oxygens (including phenoxy) is 2. The van der Waals surface area contributed by atoms with Crippen LogP contribution in [0, 0.1) is 11.6 Å². The molecule has 0 spiro atoms. The number of nitrogens with one attached hydrogen (secondary N) is 2. The van der Waals surface area contributed by atoms with Gasteiger partial charge in [0.1, 0.15) is 23.5 Å². The zero-order valence-electron chi connectivity index (χ0n) is 27.6. The number of benzene rings is 1. The Hall–Kier alpha value is -5.09. The Balaban J connectivity index is 1.32. The van der Waals surface area contributed by atoms with Gasteiger partial charge in [-0.3, -0.25) is 24.0 Å². The molecule has 1 aromatic heterocycles. The number of carboxylic acid groups (broad SMARTS) is 1. The van der Waals surface area contributed by atoms with Crippen LogP contribution in [0.2, 0.25) is 0 Å². The van der Waals surface area contributed by atoms with Crippen molar-refractivity contribution in [1.82, 2.24) is 30.3 Å². The maximum absolute atomic E-state index is 15.1. The minimum atomic E-state index is -1.32. The van der Waals surface area contributed by atoms with E-state index in [4.69, 9.17) is 9.47 Å². The van der Waals surface area contributed by atoms with Gasteiger partial charge in [0.25, 0.3) is 11.8 Å². The molecular formula is C33H40F2N6O9. The second-order valence-corrected chi connectivity index (χ2v) is 12.4. The van der Waals surface area contributed by atoms with Crippen molar-refractivity contribution >= 4 is 46.6 Å². The summed E-state index contributed by atoms with van der Waals surface area (Å²) in [6.45, 7) is 2.08. The highest BCUT2D eigenvalue weighted by atomic mass is 19.2. The van der Waals surface area contributed by atoms with E-state index in [9.17, 15) is 38.3 Å². The Labute approximate surface area is 286 Å². The van der Waals surface area contributed by atoms with Gasteiger partial charge in [-0.25, -0.2) is 18.6 Å². The zero-order valence-corrected chi connectivity index (χ0v) is 27.6. The van der Waals surface area contributed by atoms with Gasteiger partial charge in [-0.05, 0) is 57.6 Å². The predicted octanol–water partition coefficient (Wildman–Crippen LogP) is 1.82. The number of nitrogens with zero attached hydrogens (tertiary/aromatic N) is 4. The maximum atomic E-state index is 15.1. The molecule has 1 saturated carbocycles. The number of carbonyl (C=O) groups excluding carboxylic acids is 5. The molecule has 50 heavy (non-hydrogen) atoms. The average molecular weight is 703 g/mol. The first-order chi connectivity index (χ1) is 24.0. The van der Waals surface area contributed by atoms with Gasteiger partial charge < -0.3 is 39.9 Å². The van der Waals surface area contributed by atoms with Crippen molar-refractivity contribution in [3.05, 3.63) is 35.5 Å². The molecule has 3 heterocycles. The van der Waals surface area contributed by atoms with Crippen LogP contribution in [0.3, 0.4) is 0 Å². The second kappa shape index (κ2) is 16.1. The van der Waals surface area contributed by atoms with E-state index in [1.807, 2.05) is 0 Å². The maximum Gasteiger partial charge on any atom is 0.409 e. The molecule has 2 aromatic rings. The lowest BCUT2D eigenvalue weighted by Crippen LogP contribution is -2.56. The lowest BCUT2D eigenvalue weighted by molar-refractivity contribution is -0.140. The molecule has 0 unspecified atom stereocenters. The summed E-state index contributed by atoms with van der Waals surface area (Å²) < 4.78 is 40.1. The topological polar surface area (TPSA) is 188 Å². The Morgan fingerprint density at radius 3 is 2.38 bits per heavy atom. The normalized spacial score (nSPS) is 18.3. The van der Waals surface area contributed by atoms with Crippen molar-refractivity contribution in [2.45, 2.75) is 70.0 Å². The Morgan fingerprint density at radius 2 is 1.72 bits per heavy atom. The van der Waals surface area contributed by atoms with Gasteiger partial charge in [0, 0.05) is 51.3 Å². The summed E-state index contributed by atoms with van der Waals surface area (Å²) in [4.78, 5) is 84.9. The summed E-state index contributed by atoms with van der Waals surface area (Å²) in [7, 11) is 0. The third kappa shape index (κ3) is 8.37. The van der Waals surface area contributed by atoms with Crippen LogP contribution in [-0.2, 0) is 23.9 Å². The Kier molecular flexibility index (Phi) is 11.6. The monoisotopic (exact) mass is 702 g/mol. The highest BCUT2D eigenvalue weighted by molar-refractivity contribution is 5.99. The number of carbonyl (C=O) groups is 6. The summed E-state index contributed by atoms with van der Waals surface area (Å²) in [5, 5.41) is 14.3. The summed E-state index contributed by atoms with van der Waals surface area (Å²) >= 11 is 0. The van der Waals surface area contributed by atoms with E-state index in [-0.39, 0.29) is 68.1 Å². The number of rotatable bonds is 12. The number of hydrogen-bond donors (Lipinski definition) is 3. The predicted molar refractivity (Wildman–Crippen MR) is 171 cm³/mol. The molecule has 2 aliphatic heterocycles. The number of carboxylic acids is 1. The molecule has 17 heteroatoms. The van der Waals surface area contributed by atoms with E-state index >= 15 is 4.39 Å². The van der Waals surface area contributed by atoms with E-state index < -0.39 is 71.9 Å².